The molecule has 0 amide bonds. The lowest BCUT2D eigenvalue weighted by molar-refractivity contribution is 0.474. The van der Waals surface area contributed by atoms with Crippen molar-refractivity contribution in [1.82, 2.24) is 4.98 Å². The molecule has 0 aliphatic rings. The van der Waals surface area contributed by atoms with E-state index in [9.17, 15) is 0 Å². The number of benzene rings is 1. The molecule has 1 aromatic carbocycles. The molecule has 3 aromatic rings. The van der Waals surface area contributed by atoms with Crippen LogP contribution >= 0.6 is 11.3 Å². The van der Waals surface area contributed by atoms with Gasteiger partial charge in [-0.15, -0.1) is 11.3 Å². The minimum atomic E-state index is -0.173. The van der Waals surface area contributed by atoms with Crippen LogP contribution in [0.5, 0.6) is 0 Å². The molecule has 2 heterocycles. The summed E-state index contributed by atoms with van der Waals surface area (Å²) in [6.07, 6.45) is 1.74. The average molecular weight is 244 g/mol. The van der Waals surface area contributed by atoms with Gasteiger partial charge in [0.05, 0.1) is 12.2 Å². The Kier molecular flexibility index (Phi) is 2.46. The van der Waals surface area contributed by atoms with Crippen molar-refractivity contribution < 1.29 is 4.42 Å². The molecule has 3 nitrogen and oxygen atoms in total. The van der Waals surface area contributed by atoms with Crippen molar-refractivity contribution in [3.63, 3.8) is 0 Å². The van der Waals surface area contributed by atoms with Gasteiger partial charge in [-0.2, -0.15) is 0 Å². The summed E-state index contributed by atoms with van der Waals surface area (Å²) in [6, 6.07) is 8.09. The highest BCUT2D eigenvalue weighted by atomic mass is 32.1. The Balaban J connectivity index is 2.14. The SMILES string of the molecule is CC(N)c1ncc(-c2csc3ccccc23)o1. The van der Waals surface area contributed by atoms with E-state index in [-0.39, 0.29) is 6.04 Å². The van der Waals surface area contributed by atoms with E-state index < -0.39 is 0 Å². The van der Waals surface area contributed by atoms with Gasteiger partial charge in [0, 0.05) is 21.0 Å². The van der Waals surface area contributed by atoms with Gasteiger partial charge in [-0.3, -0.25) is 0 Å². The van der Waals surface area contributed by atoms with Gasteiger partial charge in [-0.05, 0) is 13.0 Å². The van der Waals surface area contributed by atoms with Crippen LogP contribution in [0.15, 0.2) is 40.3 Å². The molecule has 2 N–H and O–H groups in total. The predicted octanol–water partition coefficient (Wildman–Crippen LogP) is 3.58. The summed E-state index contributed by atoms with van der Waals surface area (Å²) in [5.74, 6) is 1.37. The zero-order chi connectivity index (χ0) is 11.8. The molecular weight excluding hydrogens is 232 g/mol. The van der Waals surface area contributed by atoms with Gasteiger partial charge < -0.3 is 10.2 Å². The molecular formula is C13H12N2OS. The molecule has 0 saturated carbocycles. The lowest BCUT2D eigenvalue weighted by Crippen LogP contribution is -2.04. The Morgan fingerprint density at radius 3 is 2.94 bits per heavy atom. The third-order valence-corrected chi connectivity index (χ3v) is 3.62. The Bertz CT molecular complexity index is 654. The van der Waals surface area contributed by atoms with Crippen molar-refractivity contribution in [2.75, 3.05) is 0 Å². The largest absolute Gasteiger partial charge is 0.439 e. The van der Waals surface area contributed by atoms with Crippen LogP contribution in [0.3, 0.4) is 0 Å². The van der Waals surface area contributed by atoms with Crippen LogP contribution in [0.25, 0.3) is 21.4 Å². The fourth-order valence-corrected chi connectivity index (χ4v) is 2.74. The second-order valence-corrected chi connectivity index (χ2v) is 4.91. The van der Waals surface area contributed by atoms with Gasteiger partial charge in [0.1, 0.15) is 0 Å². The van der Waals surface area contributed by atoms with Crippen LogP contribution in [-0.4, -0.2) is 4.98 Å². The van der Waals surface area contributed by atoms with Gasteiger partial charge in [0.2, 0.25) is 5.89 Å². The van der Waals surface area contributed by atoms with E-state index >= 15 is 0 Å². The summed E-state index contributed by atoms with van der Waals surface area (Å²) in [5.41, 5.74) is 6.83. The number of rotatable bonds is 2. The van der Waals surface area contributed by atoms with Gasteiger partial charge in [-0.1, -0.05) is 18.2 Å². The van der Waals surface area contributed by atoms with E-state index in [2.05, 4.69) is 22.5 Å². The fraction of sp³-hybridized carbons (Fsp3) is 0.154. The number of oxazole rings is 1. The number of hydrogen-bond donors (Lipinski definition) is 1. The Morgan fingerprint density at radius 2 is 2.18 bits per heavy atom. The molecule has 0 aliphatic heterocycles. The minimum Gasteiger partial charge on any atom is -0.439 e. The topological polar surface area (TPSA) is 52.0 Å². The molecule has 3 rings (SSSR count). The quantitative estimate of drug-likeness (QED) is 0.749. The molecule has 86 valence electrons. The van der Waals surface area contributed by atoms with Crippen LogP contribution in [0, 0.1) is 0 Å². The lowest BCUT2D eigenvalue weighted by atomic mass is 10.1. The number of fused-ring (bicyclic) bond motifs is 1. The van der Waals surface area contributed by atoms with Gasteiger partial charge in [-0.25, -0.2) is 4.98 Å². The molecule has 0 radical (unpaired) electrons. The standard InChI is InChI=1S/C13H12N2OS/c1-8(14)13-15-6-11(16-13)10-7-17-12-5-3-2-4-9(10)12/h2-8H,14H2,1H3. The summed E-state index contributed by atoms with van der Waals surface area (Å²) in [7, 11) is 0. The first-order chi connectivity index (χ1) is 8.25. The summed E-state index contributed by atoms with van der Waals surface area (Å²) in [6.45, 7) is 1.86. The monoisotopic (exact) mass is 244 g/mol. The normalized spacial score (nSPS) is 13.1. The lowest BCUT2D eigenvalue weighted by Gasteiger charge is -1.97. The number of hydrogen-bond acceptors (Lipinski definition) is 4. The first kappa shape index (κ1) is 10.5. The van der Waals surface area contributed by atoms with Crippen LogP contribution in [0.2, 0.25) is 0 Å². The molecule has 0 saturated heterocycles. The summed E-state index contributed by atoms with van der Waals surface area (Å²) in [5, 5.41) is 3.29. The smallest absolute Gasteiger partial charge is 0.211 e. The average Bonchev–Trinajstić information content (AvgIpc) is 2.95. The molecule has 0 fully saturated rings. The van der Waals surface area contributed by atoms with E-state index in [0.29, 0.717) is 5.89 Å². The molecule has 0 aliphatic carbocycles. The van der Waals surface area contributed by atoms with E-state index in [4.69, 9.17) is 10.2 Å². The molecule has 0 bridgehead atoms. The first-order valence-electron chi connectivity index (χ1n) is 5.43. The van der Waals surface area contributed by atoms with Crippen molar-refractivity contribution in [3.05, 3.63) is 41.7 Å². The van der Waals surface area contributed by atoms with E-state index in [1.807, 2.05) is 19.1 Å². The van der Waals surface area contributed by atoms with Crippen molar-refractivity contribution >= 4 is 21.4 Å². The number of nitrogens with zero attached hydrogens (tertiary/aromatic N) is 1. The highest BCUT2D eigenvalue weighted by molar-refractivity contribution is 7.17. The van der Waals surface area contributed by atoms with Crippen LogP contribution < -0.4 is 5.73 Å². The highest BCUT2D eigenvalue weighted by Gasteiger charge is 2.12. The summed E-state index contributed by atoms with van der Waals surface area (Å²) >= 11 is 1.71. The molecule has 1 unspecified atom stereocenters. The molecule has 17 heavy (non-hydrogen) atoms. The third-order valence-electron chi connectivity index (χ3n) is 2.66. The second kappa shape index (κ2) is 3.98. The fourth-order valence-electron chi connectivity index (χ4n) is 1.79. The summed E-state index contributed by atoms with van der Waals surface area (Å²) in [4.78, 5) is 4.19. The maximum atomic E-state index is 5.74. The van der Waals surface area contributed by atoms with Gasteiger partial charge in [0.15, 0.2) is 5.76 Å². The van der Waals surface area contributed by atoms with Crippen molar-refractivity contribution in [2.45, 2.75) is 13.0 Å². The zero-order valence-corrected chi connectivity index (χ0v) is 10.2. The van der Waals surface area contributed by atoms with Gasteiger partial charge >= 0.3 is 0 Å². The highest BCUT2D eigenvalue weighted by Crippen LogP contribution is 2.34. The Hall–Kier alpha value is -1.65. The number of thiophene rings is 1. The first-order valence-corrected chi connectivity index (χ1v) is 6.31. The van der Waals surface area contributed by atoms with Crippen molar-refractivity contribution in [1.29, 1.82) is 0 Å². The number of aromatic nitrogens is 1. The second-order valence-electron chi connectivity index (χ2n) is 4.00. The Morgan fingerprint density at radius 1 is 1.35 bits per heavy atom. The number of nitrogens with two attached hydrogens (primary N) is 1. The molecule has 2 aromatic heterocycles. The van der Waals surface area contributed by atoms with Crippen LogP contribution in [0.1, 0.15) is 18.9 Å². The van der Waals surface area contributed by atoms with Crippen molar-refractivity contribution in [3.8, 4) is 11.3 Å². The van der Waals surface area contributed by atoms with Crippen molar-refractivity contribution in [2.24, 2.45) is 5.73 Å². The predicted molar refractivity (Wildman–Crippen MR) is 69.9 cm³/mol. The minimum absolute atomic E-state index is 0.173. The molecule has 1 atom stereocenters. The van der Waals surface area contributed by atoms with E-state index in [0.717, 1.165) is 11.3 Å². The maximum absolute atomic E-state index is 5.74. The molecule has 0 spiro atoms. The maximum Gasteiger partial charge on any atom is 0.211 e. The van der Waals surface area contributed by atoms with Crippen LogP contribution in [0.4, 0.5) is 0 Å². The Labute approximate surface area is 103 Å². The van der Waals surface area contributed by atoms with Crippen LogP contribution in [-0.2, 0) is 0 Å². The summed E-state index contributed by atoms with van der Waals surface area (Å²) < 4.78 is 6.92. The van der Waals surface area contributed by atoms with Gasteiger partial charge in [0.25, 0.3) is 0 Å². The van der Waals surface area contributed by atoms with E-state index in [1.54, 1.807) is 17.5 Å². The van der Waals surface area contributed by atoms with E-state index in [1.165, 1.54) is 10.1 Å². The zero-order valence-electron chi connectivity index (χ0n) is 9.38. The molecule has 4 heteroatoms. The third kappa shape index (κ3) is 1.75.